The normalized spacial score (nSPS) is 32.7. The first-order valence-corrected chi connectivity index (χ1v) is 6.72. The van der Waals surface area contributed by atoms with Crippen molar-refractivity contribution < 1.29 is 29.9 Å². The topological polar surface area (TPSA) is 125 Å². The Labute approximate surface area is 126 Å². The van der Waals surface area contributed by atoms with Crippen molar-refractivity contribution in [2.75, 3.05) is 6.61 Å². The second kappa shape index (κ2) is 6.65. The molecule has 8 heteroatoms. The molecule has 1 heterocycles. The highest BCUT2D eigenvalue weighted by molar-refractivity contribution is 7.80. The molecule has 116 valence electrons. The molecule has 6 N–H and O–H groups in total. The van der Waals surface area contributed by atoms with Crippen LogP contribution in [-0.4, -0.2) is 62.7 Å². The monoisotopic (exact) mass is 315 g/mol. The fourth-order valence-electron chi connectivity index (χ4n) is 2.06. The summed E-state index contributed by atoms with van der Waals surface area (Å²) >= 11 is 4.90. The molecular formula is C13H17NO6S. The first kappa shape index (κ1) is 16.1. The third-order valence-corrected chi connectivity index (χ3v) is 3.46. The predicted molar refractivity (Wildman–Crippen MR) is 76.7 cm³/mol. The number of hydrogen-bond acceptors (Lipinski definition) is 7. The van der Waals surface area contributed by atoms with Gasteiger partial charge in [-0.2, -0.15) is 0 Å². The van der Waals surface area contributed by atoms with E-state index in [0.717, 1.165) is 0 Å². The van der Waals surface area contributed by atoms with Gasteiger partial charge in [0, 0.05) is 0 Å². The van der Waals surface area contributed by atoms with E-state index in [-0.39, 0.29) is 10.7 Å². The minimum absolute atomic E-state index is 0.107. The van der Waals surface area contributed by atoms with Crippen LogP contribution in [0.2, 0.25) is 0 Å². The highest BCUT2D eigenvalue weighted by Crippen LogP contribution is 2.26. The van der Waals surface area contributed by atoms with Gasteiger partial charge in [-0.05, 0) is 12.1 Å². The molecule has 7 nitrogen and oxygen atoms in total. The van der Waals surface area contributed by atoms with Gasteiger partial charge in [-0.3, -0.25) is 0 Å². The Bertz CT molecular complexity index is 511. The van der Waals surface area contributed by atoms with Crippen LogP contribution in [0.1, 0.15) is 5.56 Å². The average Bonchev–Trinajstić information content (AvgIpc) is 2.48. The lowest BCUT2D eigenvalue weighted by Crippen LogP contribution is -2.60. The van der Waals surface area contributed by atoms with Gasteiger partial charge in [-0.25, -0.2) is 0 Å². The molecule has 0 radical (unpaired) electrons. The third-order valence-electron chi connectivity index (χ3n) is 3.24. The number of rotatable bonds is 4. The molecule has 1 aliphatic heterocycles. The zero-order chi connectivity index (χ0) is 15.6. The van der Waals surface area contributed by atoms with Crippen LogP contribution in [0.5, 0.6) is 5.75 Å². The summed E-state index contributed by atoms with van der Waals surface area (Å²) in [4.78, 5) is 0.107. The lowest BCUT2D eigenvalue weighted by atomic mass is 9.99. The van der Waals surface area contributed by atoms with Crippen molar-refractivity contribution in [1.82, 2.24) is 0 Å². The Morgan fingerprint density at radius 2 is 1.86 bits per heavy atom. The molecule has 1 aromatic carbocycles. The zero-order valence-corrected chi connectivity index (χ0v) is 11.8. The second-order valence-electron chi connectivity index (χ2n) is 4.68. The number of para-hydroxylation sites is 1. The van der Waals surface area contributed by atoms with E-state index in [1.165, 1.54) is 0 Å². The van der Waals surface area contributed by atoms with Gasteiger partial charge in [0.2, 0.25) is 6.29 Å². The molecule has 0 saturated carbocycles. The van der Waals surface area contributed by atoms with Gasteiger partial charge in [0.05, 0.1) is 12.2 Å². The van der Waals surface area contributed by atoms with Crippen LogP contribution in [0.25, 0.3) is 0 Å². The van der Waals surface area contributed by atoms with Gasteiger partial charge in [-0.15, -0.1) is 0 Å². The number of aliphatic hydroxyl groups excluding tert-OH is 4. The van der Waals surface area contributed by atoms with Crippen molar-refractivity contribution >= 4 is 17.2 Å². The largest absolute Gasteiger partial charge is 0.461 e. The van der Waals surface area contributed by atoms with Gasteiger partial charge in [-0.1, -0.05) is 24.4 Å². The molecule has 0 unspecified atom stereocenters. The molecule has 0 amide bonds. The summed E-state index contributed by atoms with van der Waals surface area (Å²) in [7, 11) is 0. The minimum atomic E-state index is -1.50. The fraction of sp³-hybridized carbons (Fsp3) is 0.462. The third kappa shape index (κ3) is 3.31. The van der Waals surface area contributed by atoms with Crippen LogP contribution < -0.4 is 10.5 Å². The van der Waals surface area contributed by atoms with Crippen molar-refractivity contribution in [1.29, 1.82) is 0 Å². The molecule has 1 saturated heterocycles. The van der Waals surface area contributed by atoms with E-state index in [0.29, 0.717) is 5.56 Å². The van der Waals surface area contributed by atoms with E-state index in [1.54, 1.807) is 24.3 Å². The summed E-state index contributed by atoms with van der Waals surface area (Å²) in [6.07, 6.45) is -6.72. The molecule has 0 spiro atoms. The van der Waals surface area contributed by atoms with E-state index < -0.39 is 37.3 Å². The number of nitrogens with two attached hydrogens (primary N) is 1. The first-order valence-electron chi connectivity index (χ1n) is 6.31. The molecule has 5 atom stereocenters. The Balaban J connectivity index is 2.20. The van der Waals surface area contributed by atoms with Crippen LogP contribution in [-0.2, 0) is 4.74 Å². The highest BCUT2D eigenvalue weighted by Gasteiger charge is 2.44. The summed E-state index contributed by atoms with van der Waals surface area (Å²) in [5.41, 5.74) is 6.02. The maximum absolute atomic E-state index is 9.91. The van der Waals surface area contributed by atoms with Gasteiger partial charge in [0.25, 0.3) is 0 Å². The molecule has 21 heavy (non-hydrogen) atoms. The van der Waals surface area contributed by atoms with E-state index in [1.807, 2.05) is 0 Å². The molecular weight excluding hydrogens is 298 g/mol. The predicted octanol–water partition coefficient (Wildman–Crippen LogP) is -1.50. The van der Waals surface area contributed by atoms with Crippen molar-refractivity contribution in [2.45, 2.75) is 30.7 Å². The van der Waals surface area contributed by atoms with Crippen LogP contribution >= 0.6 is 12.2 Å². The number of aliphatic hydroxyl groups is 4. The molecule has 0 aromatic heterocycles. The summed E-state index contributed by atoms with van der Waals surface area (Å²) < 4.78 is 10.7. The Morgan fingerprint density at radius 3 is 2.48 bits per heavy atom. The van der Waals surface area contributed by atoms with Crippen LogP contribution in [0.15, 0.2) is 24.3 Å². The minimum Gasteiger partial charge on any atom is -0.461 e. The molecule has 1 fully saturated rings. The summed E-state index contributed by atoms with van der Waals surface area (Å²) in [6, 6.07) is 6.62. The van der Waals surface area contributed by atoms with Crippen molar-refractivity contribution in [3.05, 3.63) is 29.8 Å². The van der Waals surface area contributed by atoms with Crippen LogP contribution in [0.3, 0.4) is 0 Å². The van der Waals surface area contributed by atoms with Crippen LogP contribution in [0.4, 0.5) is 0 Å². The second-order valence-corrected chi connectivity index (χ2v) is 5.12. The summed E-state index contributed by atoms with van der Waals surface area (Å²) in [5.74, 6) is 0.273. The number of thiocarbonyl (C=S) groups is 1. The lowest BCUT2D eigenvalue weighted by molar-refractivity contribution is -0.277. The fourth-order valence-corrected chi connectivity index (χ4v) is 2.23. The smallest absolute Gasteiger partial charge is 0.229 e. The van der Waals surface area contributed by atoms with Gasteiger partial charge >= 0.3 is 0 Å². The number of ether oxygens (including phenoxy) is 2. The average molecular weight is 315 g/mol. The highest BCUT2D eigenvalue weighted by atomic mass is 32.1. The molecule has 1 aromatic rings. The molecule has 0 bridgehead atoms. The first-order chi connectivity index (χ1) is 9.95. The van der Waals surface area contributed by atoms with Gasteiger partial charge in [0.15, 0.2) is 0 Å². The van der Waals surface area contributed by atoms with Crippen molar-refractivity contribution in [3.8, 4) is 5.75 Å². The van der Waals surface area contributed by atoms with E-state index in [9.17, 15) is 15.3 Å². The zero-order valence-electron chi connectivity index (χ0n) is 11.0. The molecule has 2 rings (SSSR count). The lowest BCUT2D eigenvalue weighted by Gasteiger charge is -2.39. The van der Waals surface area contributed by atoms with E-state index in [4.69, 9.17) is 32.5 Å². The van der Waals surface area contributed by atoms with E-state index >= 15 is 0 Å². The Kier molecular flexibility index (Phi) is 5.09. The Hall–Kier alpha value is -1.29. The van der Waals surface area contributed by atoms with Gasteiger partial charge < -0.3 is 35.6 Å². The summed E-state index contributed by atoms with van der Waals surface area (Å²) in [6.45, 7) is -0.526. The van der Waals surface area contributed by atoms with E-state index in [2.05, 4.69) is 0 Å². The van der Waals surface area contributed by atoms with Crippen LogP contribution in [0, 0.1) is 0 Å². The quantitative estimate of drug-likeness (QED) is 0.425. The molecule has 1 aliphatic rings. The van der Waals surface area contributed by atoms with Gasteiger partial charge in [0.1, 0.15) is 35.2 Å². The molecule has 0 aliphatic carbocycles. The summed E-state index contributed by atoms with van der Waals surface area (Å²) in [5, 5.41) is 38.4. The SMILES string of the molecule is NC(=S)c1ccccc1O[C@H]1O[C@H](CO)[C@@H](O)[C@H](O)[C@@H]1O. The van der Waals surface area contributed by atoms with Crippen molar-refractivity contribution in [2.24, 2.45) is 5.73 Å². The standard InChI is InChI=1S/C13H17NO6S/c14-12(21)6-3-1-2-4-7(6)19-13-11(18)10(17)9(16)8(5-15)20-13/h1-4,8-11,13,15-18H,5H2,(H2,14,21)/t8-,9-,10+,11+,13+/m1/s1. The Morgan fingerprint density at radius 1 is 1.19 bits per heavy atom. The van der Waals surface area contributed by atoms with Crippen molar-refractivity contribution in [3.63, 3.8) is 0 Å². The number of benzene rings is 1. The maximum atomic E-state index is 9.91. The number of hydrogen-bond donors (Lipinski definition) is 5. The maximum Gasteiger partial charge on any atom is 0.229 e.